The lowest BCUT2D eigenvalue weighted by Gasteiger charge is -2.23. The maximum atomic E-state index is 13.4. The molecule has 0 saturated carbocycles. The molecule has 0 bridgehead atoms. The van der Waals surface area contributed by atoms with Gasteiger partial charge in [0.25, 0.3) is 11.8 Å². The van der Waals surface area contributed by atoms with Gasteiger partial charge in [-0.25, -0.2) is 4.98 Å². The zero-order valence-electron chi connectivity index (χ0n) is 17.7. The van der Waals surface area contributed by atoms with Crippen LogP contribution in [-0.4, -0.2) is 52.5 Å². The van der Waals surface area contributed by atoms with Crippen molar-refractivity contribution in [1.29, 1.82) is 0 Å². The molecule has 32 heavy (non-hydrogen) atoms. The van der Waals surface area contributed by atoms with Crippen molar-refractivity contribution in [2.45, 2.75) is 18.7 Å². The van der Waals surface area contributed by atoms with Gasteiger partial charge in [-0.3, -0.25) is 9.59 Å². The maximum absolute atomic E-state index is 13.4. The van der Waals surface area contributed by atoms with E-state index in [1.54, 1.807) is 23.6 Å². The maximum Gasteiger partial charge on any atom is 0.277 e. The van der Waals surface area contributed by atoms with Crippen LogP contribution >= 0.6 is 11.8 Å². The van der Waals surface area contributed by atoms with Crippen LogP contribution in [0.3, 0.4) is 0 Å². The van der Waals surface area contributed by atoms with Crippen LogP contribution in [0.25, 0.3) is 11.3 Å². The van der Waals surface area contributed by atoms with Crippen molar-refractivity contribution in [2.75, 3.05) is 25.4 Å². The first-order valence-corrected chi connectivity index (χ1v) is 11.6. The van der Waals surface area contributed by atoms with Gasteiger partial charge in [-0.15, -0.1) is 11.8 Å². The number of rotatable bonds is 5. The first kappa shape index (κ1) is 20.6. The highest BCUT2D eigenvalue weighted by Crippen LogP contribution is 2.31. The Bertz CT molecular complexity index is 1160. The zero-order valence-corrected chi connectivity index (χ0v) is 18.5. The van der Waals surface area contributed by atoms with Crippen molar-refractivity contribution in [3.05, 3.63) is 71.2 Å². The number of ether oxygens (including phenoxy) is 1. The Kier molecular flexibility index (Phi) is 5.61. The van der Waals surface area contributed by atoms with Crippen LogP contribution in [0, 0.1) is 6.92 Å². The summed E-state index contributed by atoms with van der Waals surface area (Å²) >= 11 is 1.65. The molecule has 1 N–H and O–H groups in total. The lowest BCUT2D eigenvalue weighted by atomic mass is 10.0. The first-order chi connectivity index (χ1) is 15.6. The summed E-state index contributed by atoms with van der Waals surface area (Å²) < 4.78 is 11.3. The molecule has 2 aromatic carbocycles. The Morgan fingerprint density at radius 3 is 2.88 bits per heavy atom. The molecule has 1 saturated heterocycles. The van der Waals surface area contributed by atoms with Gasteiger partial charge in [-0.05, 0) is 12.1 Å². The third-order valence-corrected chi connectivity index (χ3v) is 6.87. The van der Waals surface area contributed by atoms with E-state index >= 15 is 0 Å². The molecule has 2 aliphatic rings. The fourth-order valence-electron chi connectivity index (χ4n) is 4.13. The van der Waals surface area contributed by atoms with Crippen LogP contribution < -0.4 is 10.1 Å². The number of hydrogen-bond acceptors (Lipinski definition) is 6. The van der Waals surface area contributed by atoms with E-state index in [-0.39, 0.29) is 17.2 Å². The highest BCUT2D eigenvalue weighted by atomic mass is 32.2. The van der Waals surface area contributed by atoms with Crippen LogP contribution in [0.4, 0.5) is 0 Å². The summed E-state index contributed by atoms with van der Waals surface area (Å²) in [5.74, 6) is 2.18. The number of aryl methyl sites for hydroxylation is 1. The van der Waals surface area contributed by atoms with Crippen LogP contribution in [0.1, 0.15) is 32.3 Å². The largest absolute Gasteiger partial charge is 0.493 e. The standard InChI is InChI=1S/C24H23N3O4S/c1-15-26-21(22(31-15)16-6-3-2-4-7-16)24(29)27-11-13-32-20(27)14-25-23(28)18-8-5-9-19-17(18)10-12-30-19/h2-9,20H,10-14H2,1H3,(H,25,28). The first-order valence-electron chi connectivity index (χ1n) is 10.6. The number of nitrogens with one attached hydrogen (secondary N) is 1. The fourth-order valence-corrected chi connectivity index (χ4v) is 5.28. The Morgan fingerprint density at radius 1 is 1.19 bits per heavy atom. The quantitative estimate of drug-likeness (QED) is 0.642. The Morgan fingerprint density at radius 2 is 2.03 bits per heavy atom. The normalized spacial score (nSPS) is 17.2. The van der Waals surface area contributed by atoms with Crippen molar-refractivity contribution in [3.8, 4) is 17.1 Å². The predicted molar refractivity (Wildman–Crippen MR) is 122 cm³/mol. The summed E-state index contributed by atoms with van der Waals surface area (Å²) in [4.78, 5) is 32.4. The lowest BCUT2D eigenvalue weighted by Crippen LogP contribution is -2.42. The number of oxazole rings is 1. The molecule has 5 rings (SSSR count). The molecule has 1 atom stereocenters. The third-order valence-electron chi connectivity index (χ3n) is 5.65. The molecular weight excluding hydrogens is 426 g/mol. The van der Waals surface area contributed by atoms with Crippen molar-refractivity contribution in [3.63, 3.8) is 0 Å². The minimum absolute atomic E-state index is 0.144. The van der Waals surface area contributed by atoms with Crippen LogP contribution in [-0.2, 0) is 6.42 Å². The molecule has 0 spiro atoms. The average Bonchev–Trinajstić information content (AvgIpc) is 3.56. The second-order valence-corrected chi connectivity index (χ2v) is 8.98. The zero-order chi connectivity index (χ0) is 22.1. The number of hydrogen-bond donors (Lipinski definition) is 1. The van der Waals surface area contributed by atoms with E-state index in [1.807, 2.05) is 48.5 Å². The molecule has 2 aliphatic heterocycles. The van der Waals surface area contributed by atoms with Crippen LogP contribution in [0.5, 0.6) is 5.75 Å². The van der Waals surface area contributed by atoms with E-state index in [4.69, 9.17) is 9.15 Å². The monoisotopic (exact) mass is 449 g/mol. The SMILES string of the molecule is Cc1nc(C(=O)N2CCSC2CNC(=O)c2cccc3c2CCO3)c(-c2ccccc2)o1. The van der Waals surface area contributed by atoms with Crippen LogP contribution in [0.15, 0.2) is 52.9 Å². The number of thioether (sulfide) groups is 1. The fraction of sp³-hybridized carbons (Fsp3) is 0.292. The molecule has 1 unspecified atom stereocenters. The predicted octanol–water partition coefficient (Wildman–Crippen LogP) is 3.53. The summed E-state index contributed by atoms with van der Waals surface area (Å²) in [5, 5.41) is 2.84. The minimum atomic E-state index is -0.182. The second kappa shape index (κ2) is 8.70. The molecule has 8 heteroatoms. The van der Waals surface area contributed by atoms with Gasteiger partial charge in [-0.2, -0.15) is 0 Å². The van der Waals surface area contributed by atoms with Crippen molar-refractivity contribution >= 4 is 23.6 Å². The number of carbonyl (C=O) groups excluding carboxylic acids is 2. The Labute approximate surface area is 190 Å². The van der Waals surface area contributed by atoms with E-state index in [0.29, 0.717) is 42.6 Å². The molecule has 0 radical (unpaired) electrons. The third kappa shape index (κ3) is 3.86. The molecule has 164 valence electrons. The van der Waals surface area contributed by atoms with E-state index < -0.39 is 0 Å². The summed E-state index contributed by atoms with van der Waals surface area (Å²) in [6.07, 6.45) is 0.732. The summed E-state index contributed by atoms with van der Waals surface area (Å²) in [5.41, 5.74) is 2.71. The molecule has 2 amide bonds. The molecule has 7 nitrogen and oxygen atoms in total. The van der Waals surface area contributed by atoms with Gasteiger partial charge < -0.3 is 19.4 Å². The summed E-state index contributed by atoms with van der Waals surface area (Å²) in [6.45, 7) is 3.29. The second-order valence-electron chi connectivity index (χ2n) is 7.69. The summed E-state index contributed by atoms with van der Waals surface area (Å²) in [7, 11) is 0. The number of carbonyl (C=O) groups is 2. The Balaban J connectivity index is 1.31. The molecule has 0 aliphatic carbocycles. The molecule has 1 aromatic heterocycles. The molecule has 3 aromatic rings. The van der Waals surface area contributed by atoms with Crippen LogP contribution in [0.2, 0.25) is 0 Å². The van der Waals surface area contributed by atoms with Gasteiger partial charge in [-0.1, -0.05) is 36.4 Å². The Hall–Kier alpha value is -3.26. The van der Waals surface area contributed by atoms with Crippen molar-refractivity contribution < 1.29 is 18.7 Å². The number of amides is 2. The van der Waals surface area contributed by atoms with Crippen molar-refractivity contribution in [1.82, 2.24) is 15.2 Å². The number of aromatic nitrogens is 1. The van der Waals surface area contributed by atoms with E-state index in [9.17, 15) is 9.59 Å². The minimum Gasteiger partial charge on any atom is -0.493 e. The highest BCUT2D eigenvalue weighted by molar-refractivity contribution is 8.00. The molecular formula is C24H23N3O4S. The molecule has 1 fully saturated rings. The highest BCUT2D eigenvalue weighted by Gasteiger charge is 2.34. The summed E-state index contributed by atoms with van der Waals surface area (Å²) in [6, 6.07) is 15.0. The van der Waals surface area contributed by atoms with Crippen molar-refractivity contribution in [2.24, 2.45) is 0 Å². The molecule has 3 heterocycles. The van der Waals surface area contributed by atoms with E-state index in [1.165, 1.54) is 0 Å². The van der Waals surface area contributed by atoms with Gasteiger partial charge in [0.1, 0.15) is 5.75 Å². The van der Waals surface area contributed by atoms with Gasteiger partial charge in [0.05, 0.1) is 12.0 Å². The van der Waals surface area contributed by atoms with E-state index in [0.717, 1.165) is 29.1 Å². The average molecular weight is 450 g/mol. The number of fused-ring (bicyclic) bond motifs is 1. The van der Waals surface area contributed by atoms with Gasteiger partial charge in [0.2, 0.25) is 0 Å². The topological polar surface area (TPSA) is 84.7 Å². The number of benzene rings is 2. The van der Waals surface area contributed by atoms with E-state index in [2.05, 4.69) is 10.3 Å². The van der Waals surface area contributed by atoms with Gasteiger partial charge in [0.15, 0.2) is 17.3 Å². The van der Waals surface area contributed by atoms with Gasteiger partial charge in [0, 0.05) is 48.9 Å². The lowest BCUT2D eigenvalue weighted by molar-refractivity contribution is 0.0746. The number of nitrogens with zero attached hydrogens (tertiary/aromatic N) is 2. The van der Waals surface area contributed by atoms with Gasteiger partial charge >= 0.3 is 0 Å². The smallest absolute Gasteiger partial charge is 0.277 e.